The van der Waals surface area contributed by atoms with Crippen molar-refractivity contribution in [1.29, 1.82) is 0 Å². The number of hydrogen-bond donors (Lipinski definition) is 2. The van der Waals surface area contributed by atoms with Gasteiger partial charge in [0.15, 0.2) is 11.5 Å². The number of ether oxygens (including phenoxy) is 1. The van der Waals surface area contributed by atoms with Crippen LogP contribution in [0.2, 0.25) is 0 Å². The van der Waals surface area contributed by atoms with E-state index >= 15 is 0 Å². The lowest BCUT2D eigenvalue weighted by Gasteiger charge is -2.14. The zero-order valence-corrected chi connectivity index (χ0v) is 11.1. The van der Waals surface area contributed by atoms with Gasteiger partial charge in [-0.15, -0.1) is 0 Å². The quantitative estimate of drug-likeness (QED) is 0.865. The molecule has 4 nitrogen and oxygen atoms in total. The lowest BCUT2D eigenvalue weighted by atomic mass is 10.1. The summed E-state index contributed by atoms with van der Waals surface area (Å²) in [5.74, 6) is 0.657. The third-order valence-electron chi connectivity index (χ3n) is 3.06. The number of rotatable bonds is 5. The van der Waals surface area contributed by atoms with Crippen LogP contribution in [0.3, 0.4) is 0 Å². The Morgan fingerprint density at radius 1 is 1.26 bits per heavy atom. The van der Waals surface area contributed by atoms with E-state index in [2.05, 4.69) is 17.2 Å². The van der Waals surface area contributed by atoms with Gasteiger partial charge in [-0.1, -0.05) is 6.07 Å². The fraction of sp³-hybridized carbons (Fsp3) is 0.267. The molecule has 19 heavy (non-hydrogen) atoms. The van der Waals surface area contributed by atoms with Crippen LogP contribution in [0, 0.1) is 0 Å². The SMILES string of the molecule is COc1cc(CNC(C)c2ccncc2)ccc1O. The van der Waals surface area contributed by atoms with Crippen molar-refractivity contribution in [3.63, 3.8) is 0 Å². The highest BCUT2D eigenvalue weighted by Gasteiger charge is 2.06. The highest BCUT2D eigenvalue weighted by atomic mass is 16.5. The number of phenolic OH excluding ortho intramolecular Hbond substituents is 1. The molecule has 0 radical (unpaired) electrons. The van der Waals surface area contributed by atoms with Gasteiger partial charge in [-0.05, 0) is 42.3 Å². The van der Waals surface area contributed by atoms with Crippen LogP contribution in [0.1, 0.15) is 24.1 Å². The Labute approximate surface area is 113 Å². The Morgan fingerprint density at radius 3 is 2.68 bits per heavy atom. The smallest absolute Gasteiger partial charge is 0.160 e. The van der Waals surface area contributed by atoms with Gasteiger partial charge in [0.2, 0.25) is 0 Å². The molecule has 0 aliphatic carbocycles. The maximum Gasteiger partial charge on any atom is 0.160 e. The van der Waals surface area contributed by atoms with Gasteiger partial charge < -0.3 is 15.2 Å². The van der Waals surface area contributed by atoms with Crippen LogP contribution in [0.25, 0.3) is 0 Å². The number of aromatic hydroxyl groups is 1. The molecule has 4 heteroatoms. The van der Waals surface area contributed by atoms with E-state index in [1.807, 2.05) is 24.3 Å². The zero-order valence-electron chi connectivity index (χ0n) is 11.1. The molecule has 0 bridgehead atoms. The van der Waals surface area contributed by atoms with Gasteiger partial charge in [0, 0.05) is 25.0 Å². The molecule has 0 spiro atoms. The molecule has 1 heterocycles. The lowest BCUT2D eigenvalue weighted by molar-refractivity contribution is 0.372. The van der Waals surface area contributed by atoms with Gasteiger partial charge in [0.25, 0.3) is 0 Å². The molecule has 2 aromatic rings. The van der Waals surface area contributed by atoms with Gasteiger partial charge in [-0.25, -0.2) is 0 Å². The molecule has 1 aromatic heterocycles. The number of nitrogens with one attached hydrogen (secondary N) is 1. The minimum Gasteiger partial charge on any atom is -0.504 e. The minimum atomic E-state index is 0.161. The number of nitrogens with zero attached hydrogens (tertiary/aromatic N) is 1. The summed E-state index contributed by atoms with van der Waals surface area (Å²) in [4.78, 5) is 4.01. The van der Waals surface area contributed by atoms with Crippen molar-refractivity contribution < 1.29 is 9.84 Å². The number of hydrogen-bond acceptors (Lipinski definition) is 4. The molecule has 0 saturated heterocycles. The van der Waals surface area contributed by atoms with E-state index in [-0.39, 0.29) is 11.8 Å². The van der Waals surface area contributed by atoms with Gasteiger partial charge in [0.1, 0.15) is 0 Å². The fourth-order valence-corrected chi connectivity index (χ4v) is 1.87. The first-order valence-corrected chi connectivity index (χ1v) is 6.20. The average Bonchev–Trinajstić information content (AvgIpc) is 2.47. The third-order valence-corrected chi connectivity index (χ3v) is 3.06. The van der Waals surface area contributed by atoms with E-state index in [4.69, 9.17) is 4.74 Å². The number of pyridine rings is 1. The van der Waals surface area contributed by atoms with Crippen LogP contribution >= 0.6 is 0 Å². The average molecular weight is 258 g/mol. The Hall–Kier alpha value is -2.07. The molecule has 1 aromatic carbocycles. The van der Waals surface area contributed by atoms with Crippen LogP contribution in [-0.4, -0.2) is 17.2 Å². The zero-order chi connectivity index (χ0) is 13.7. The lowest BCUT2D eigenvalue weighted by Crippen LogP contribution is -2.18. The molecule has 100 valence electrons. The van der Waals surface area contributed by atoms with Crippen molar-refractivity contribution in [2.45, 2.75) is 19.5 Å². The Balaban J connectivity index is 1.99. The van der Waals surface area contributed by atoms with Crippen molar-refractivity contribution >= 4 is 0 Å². The first kappa shape index (κ1) is 13.4. The Morgan fingerprint density at radius 2 is 2.00 bits per heavy atom. The Kier molecular flexibility index (Phi) is 4.36. The summed E-state index contributed by atoms with van der Waals surface area (Å²) < 4.78 is 5.09. The maximum atomic E-state index is 9.54. The van der Waals surface area contributed by atoms with Crippen molar-refractivity contribution in [3.05, 3.63) is 53.9 Å². The van der Waals surface area contributed by atoms with Crippen molar-refractivity contribution in [1.82, 2.24) is 10.3 Å². The second kappa shape index (κ2) is 6.20. The minimum absolute atomic E-state index is 0.161. The predicted octanol–water partition coefficient (Wildman–Crippen LogP) is 2.65. The second-order valence-corrected chi connectivity index (χ2v) is 4.39. The van der Waals surface area contributed by atoms with E-state index in [1.165, 1.54) is 5.56 Å². The van der Waals surface area contributed by atoms with Gasteiger partial charge in [0.05, 0.1) is 7.11 Å². The summed E-state index contributed by atoms with van der Waals surface area (Å²) in [6.45, 7) is 2.81. The van der Waals surface area contributed by atoms with Gasteiger partial charge in [-0.3, -0.25) is 4.98 Å². The molecule has 0 fully saturated rings. The molecular formula is C15H18N2O2. The largest absolute Gasteiger partial charge is 0.504 e. The fourth-order valence-electron chi connectivity index (χ4n) is 1.87. The standard InChI is InChI=1S/C15H18N2O2/c1-11(13-5-7-16-8-6-13)17-10-12-3-4-14(18)15(9-12)19-2/h3-9,11,17-18H,10H2,1-2H3. The summed E-state index contributed by atoms with van der Waals surface area (Å²) in [7, 11) is 1.55. The van der Waals surface area contributed by atoms with Gasteiger partial charge >= 0.3 is 0 Å². The van der Waals surface area contributed by atoms with E-state index in [1.54, 1.807) is 25.6 Å². The Bertz CT molecular complexity index is 529. The molecule has 0 saturated carbocycles. The van der Waals surface area contributed by atoms with Crippen molar-refractivity contribution in [2.24, 2.45) is 0 Å². The molecule has 1 unspecified atom stereocenters. The van der Waals surface area contributed by atoms with E-state index in [0.29, 0.717) is 12.3 Å². The molecule has 0 aliphatic rings. The number of benzene rings is 1. The van der Waals surface area contributed by atoms with Crippen molar-refractivity contribution in [2.75, 3.05) is 7.11 Å². The highest BCUT2D eigenvalue weighted by Crippen LogP contribution is 2.26. The number of methoxy groups -OCH3 is 1. The second-order valence-electron chi connectivity index (χ2n) is 4.39. The summed E-state index contributed by atoms with van der Waals surface area (Å²) in [6.07, 6.45) is 3.58. The molecule has 2 N–H and O–H groups in total. The topological polar surface area (TPSA) is 54.4 Å². The number of aromatic nitrogens is 1. The van der Waals surface area contributed by atoms with Crippen LogP contribution in [-0.2, 0) is 6.54 Å². The maximum absolute atomic E-state index is 9.54. The third kappa shape index (κ3) is 3.45. The van der Waals surface area contributed by atoms with Crippen molar-refractivity contribution in [3.8, 4) is 11.5 Å². The number of phenols is 1. The molecule has 1 atom stereocenters. The molecular weight excluding hydrogens is 240 g/mol. The van der Waals surface area contributed by atoms with Crippen LogP contribution in [0.15, 0.2) is 42.7 Å². The van der Waals surface area contributed by atoms with Crippen LogP contribution in [0.4, 0.5) is 0 Å². The monoisotopic (exact) mass is 258 g/mol. The molecule has 0 aliphatic heterocycles. The molecule has 0 amide bonds. The van der Waals surface area contributed by atoms with E-state index in [9.17, 15) is 5.11 Å². The van der Waals surface area contributed by atoms with Crippen LogP contribution in [0.5, 0.6) is 11.5 Å². The first-order valence-electron chi connectivity index (χ1n) is 6.20. The summed E-state index contributed by atoms with van der Waals surface area (Å²) in [6, 6.07) is 9.59. The van der Waals surface area contributed by atoms with E-state index in [0.717, 1.165) is 5.56 Å². The summed E-state index contributed by atoms with van der Waals surface area (Å²) in [5.41, 5.74) is 2.26. The summed E-state index contributed by atoms with van der Waals surface area (Å²) >= 11 is 0. The first-order chi connectivity index (χ1) is 9.20. The van der Waals surface area contributed by atoms with Gasteiger partial charge in [-0.2, -0.15) is 0 Å². The molecule has 2 rings (SSSR count). The van der Waals surface area contributed by atoms with Crippen LogP contribution < -0.4 is 10.1 Å². The normalized spacial score (nSPS) is 12.1. The summed E-state index contributed by atoms with van der Waals surface area (Å²) in [5, 5.41) is 13.0. The highest BCUT2D eigenvalue weighted by molar-refractivity contribution is 5.41. The van der Waals surface area contributed by atoms with E-state index < -0.39 is 0 Å². The predicted molar refractivity (Wildman–Crippen MR) is 74.2 cm³/mol.